The summed E-state index contributed by atoms with van der Waals surface area (Å²) in [6, 6.07) is 18.0. The molecule has 1 N–H and O–H groups in total. The van der Waals surface area contributed by atoms with E-state index >= 15 is 0 Å². The van der Waals surface area contributed by atoms with Gasteiger partial charge in [-0.25, -0.2) is 4.68 Å². The Labute approximate surface area is 135 Å². The molecular weight excluding hydrogens is 286 g/mol. The number of rotatable bonds is 4. The molecule has 23 heavy (non-hydrogen) atoms. The maximum atomic E-state index is 4.40. The average molecular weight is 305 g/mol. The number of para-hydroxylation sites is 1. The van der Waals surface area contributed by atoms with Crippen molar-refractivity contribution in [2.75, 3.05) is 5.43 Å². The van der Waals surface area contributed by atoms with Crippen LogP contribution in [0.1, 0.15) is 23.9 Å². The summed E-state index contributed by atoms with van der Waals surface area (Å²) in [5.74, 6) is 0. The van der Waals surface area contributed by atoms with Crippen molar-refractivity contribution in [3.63, 3.8) is 0 Å². The second-order valence-corrected chi connectivity index (χ2v) is 5.45. The minimum Gasteiger partial charge on any atom is -0.278 e. The van der Waals surface area contributed by atoms with Gasteiger partial charge >= 0.3 is 0 Å². The quantitative estimate of drug-likeness (QED) is 0.590. The van der Waals surface area contributed by atoms with E-state index in [1.165, 1.54) is 5.56 Å². The van der Waals surface area contributed by atoms with Gasteiger partial charge in [0.1, 0.15) is 5.69 Å². The Morgan fingerprint density at radius 2 is 1.70 bits per heavy atom. The topological polar surface area (TPSA) is 55.1 Å². The minimum atomic E-state index is 0.786. The van der Waals surface area contributed by atoms with E-state index in [-0.39, 0.29) is 0 Å². The number of nitrogens with one attached hydrogen (secondary N) is 1. The number of benzene rings is 2. The van der Waals surface area contributed by atoms with E-state index in [0.29, 0.717) is 0 Å². The third-order valence-corrected chi connectivity index (χ3v) is 3.64. The lowest BCUT2D eigenvalue weighted by Crippen LogP contribution is -2.04. The summed E-state index contributed by atoms with van der Waals surface area (Å²) in [5.41, 5.74) is 8.74. The summed E-state index contributed by atoms with van der Waals surface area (Å²) >= 11 is 0. The van der Waals surface area contributed by atoms with Crippen LogP contribution in [0.3, 0.4) is 0 Å². The fourth-order valence-corrected chi connectivity index (χ4v) is 2.31. The Hall–Kier alpha value is -2.95. The van der Waals surface area contributed by atoms with Gasteiger partial charge < -0.3 is 0 Å². The molecule has 0 atom stereocenters. The van der Waals surface area contributed by atoms with Gasteiger partial charge in [0.15, 0.2) is 0 Å². The molecule has 3 aromatic rings. The third-order valence-electron chi connectivity index (χ3n) is 3.64. The predicted octanol–water partition coefficient (Wildman–Crippen LogP) is 3.72. The Bertz CT molecular complexity index is 816. The number of hydrogen-bond donors (Lipinski definition) is 1. The molecule has 5 heteroatoms. The van der Waals surface area contributed by atoms with Gasteiger partial charge in [0.25, 0.3) is 0 Å². The number of hydrogen-bond acceptors (Lipinski definition) is 4. The summed E-state index contributed by atoms with van der Waals surface area (Å²) in [5, 5.41) is 12.9. The van der Waals surface area contributed by atoms with Crippen LogP contribution in [0.25, 0.3) is 5.69 Å². The van der Waals surface area contributed by atoms with E-state index < -0.39 is 0 Å². The first-order chi connectivity index (χ1) is 11.1. The molecule has 3 rings (SSSR count). The van der Waals surface area contributed by atoms with Crippen LogP contribution < -0.4 is 5.43 Å². The van der Waals surface area contributed by atoms with Crippen molar-refractivity contribution in [2.24, 2.45) is 5.10 Å². The smallest absolute Gasteiger partial charge is 0.132 e. The van der Waals surface area contributed by atoms with E-state index in [1.54, 1.807) is 0 Å². The molecule has 0 saturated carbocycles. The minimum absolute atomic E-state index is 0.786. The van der Waals surface area contributed by atoms with Crippen molar-refractivity contribution in [1.82, 2.24) is 15.0 Å². The van der Waals surface area contributed by atoms with Crippen LogP contribution in [0.2, 0.25) is 0 Å². The predicted molar refractivity (Wildman–Crippen MR) is 93.1 cm³/mol. The van der Waals surface area contributed by atoms with Gasteiger partial charge in [-0.3, -0.25) is 5.43 Å². The Morgan fingerprint density at radius 1 is 1.00 bits per heavy atom. The molecule has 0 amide bonds. The van der Waals surface area contributed by atoms with Crippen LogP contribution in [0.5, 0.6) is 0 Å². The fraction of sp³-hybridized carbons (Fsp3) is 0.167. The zero-order chi connectivity index (χ0) is 16.2. The lowest BCUT2D eigenvalue weighted by Gasteiger charge is -2.05. The molecule has 1 aromatic heterocycles. The van der Waals surface area contributed by atoms with Crippen molar-refractivity contribution >= 4 is 11.4 Å². The molecule has 0 fully saturated rings. The van der Waals surface area contributed by atoms with E-state index in [9.17, 15) is 0 Å². The number of aryl methyl sites for hydroxylation is 1. The number of nitrogens with zero attached hydrogens (tertiary/aromatic N) is 4. The van der Waals surface area contributed by atoms with Crippen molar-refractivity contribution in [3.8, 4) is 5.69 Å². The van der Waals surface area contributed by atoms with Gasteiger partial charge in [-0.15, -0.1) is 5.10 Å². The lowest BCUT2D eigenvalue weighted by atomic mass is 10.2. The highest BCUT2D eigenvalue weighted by molar-refractivity contribution is 5.98. The summed E-state index contributed by atoms with van der Waals surface area (Å²) in [7, 11) is 0. The molecule has 2 aromatic carbocycles. The largest absolute Gasteiger partial charge is 0.278 e. The monoisotopic (exact) mass is 305 g/mol. The molecule has 116 valence electrons. The van der Waals surface area contributed by atoms with E-state index in [1.807, 2.05) is 61.0 Å². The van der Waals surface area contributed by atoms with Crippen molar-refractivity contribution in [2.45, 2.75) is 20.8 Å². The van der Waals surface area contributed by atoms with Crippen LogP contribution in [-0.4, -0.2) is 20.7 Å². The average Bonchev–Trinajstić information content (AvgIpc) is 2.96. The third kappa shape index (κ3) is 3.29. The van der Waals surface area contributed by atoms with Gasteiger partial charge in [0, 0.05) is 0 Å². The molecule has 0 aliphatic heterocycles. The fourth-order valence-electron chi connectivity index (χ4n) is 2.31. The molecule has 0 spiro atoms. The molecule has 0 unspecified atom stereocenters. The molecule has 0 bridgehead atoms. The second-order valence-electron chi connectivity index (χ2n) is 5.45. The van der Waals surface area contributed by atoms with Crippen LogP contribution in [0.15, 0.2) is 59.7 Å². The van der Waals surface area contributed by atoms with Gasteiger partial charge in [0.2, 0.25) is 0 Å². The molecule has 0 aliphatic carbocycles. The van der Waals surface area contributed by atoms with E-state index in [0.717, 1.165) is 28.5 Å². The van der Waals surface area contributed by atoms with E-state index in [2.05, 4.69) is 39.9 Å². The first kappa shape index (κ1) is 15.0. The number of anilines is 1. The van der Waals surface area contributed by atoms with Crippen molar-refractivity contribution in [3.05, 3.63) is 71.5 Å². The summed E-state index contributed by atoms with van der Waals surface area (Å²) < 4.78 is 1.83. The first-order valence-electron chi connectivity index (χ1n) is 7.50. The zero-order valence-corrected chi connectivity index (χ0v) is 13.5. The summed E-state index contributed by atoms with van der Waals surface area (Å²) in [6.45, 7) is 5.98. The molecule has 0 radical (unpaired) electrons. The highest BCUT2D eigenvalue weighted by Crippen LogP contribution is 2.14. The standard InChI is InChI=1S/C18H19N5/c1-13-9-11-17(12-10-13)23-15(3)18(21-22-23)14(2)19-20-16-7-5-4-6-8-16/h4-12,20H,1-3H3/b19-14-. The van der Waals surface area contributed by atoms with Crippen LogP contribution in [-0.2, 0) is 0 Å². The second kappa shape index (κ2) is 6.44. The van der Waals surface area contributed by atoms with Crippen LogP contribution >= 0.6 is 0 Å². The van der Waals surface area contributed by atoms with Crippen molar-refractivity contribution < 1.29 is 0 Å². The Balaban J connectivity index is 1.85. The number of hydrazone groups is 1. The summed E-state index contributed by atoms with van der Waals surface area (Å²) in [4.78, 5) is 0. The van der Waals surface area contributed by atoms with Gasteiger partial charge in [-0.05, 0) is 45.0 Å². The molecule has 1 heterocycles. The highest BCUT2D eigenvalue weighted by atomic mass is 15.4. The summed E-state index contributed by atoms with van der Waals surface area (Å²) in [6.07, 6.45) is 0. The lowest BCUT2D eigenvalue weighted by molar-refractivity contribution is 0.784. The maximum Gasteiger partial charge on any atom is 0.132 e. The van der Waals surface area contributed by atoms with Gasteiger partial charge in [0.05, 0.1) is 22.8 Å². The maximum absolute atomic E-state index is 4.40. The zero-order valence-electron chi connectivity index (χ0n) is 13.5. The normalized spacial score (nSPS) is 11.5. The molecule has 5 nitrogen and oxygen atoms in total. The van der Waals surface area contributed by atoms with E-state index in [4.69, 9.17) is 0 Å². The SMILES string of the molecule is C/C(=N/Nc1ccccc1)c1nnn(-c2ccc(C)cc2)c1C. The van der Waals surface area contributed by atoms with Gasteiger partial charge in [-0.1, -0.05) is 41.1 Å². The molecular formula is C18H19N5. The van der Waals surface area contributed by atoms with Crippen LogP contribution in [0.4, 0.5) is 5.69 Å². The highest BCUT2D eigenvalue weighted by Gasteiger charge is 2.12. The Morgan fingerprint density at radius 3 is 2.39 bits per heavy atom. The van der Waals surface area contributed by atoms with Crippen LogP contribution in [0, 0.1) is 13.8 Å². The van der Waals surface area contributed by atoms with Gasteiger partial charge in [-0.2, -0.15) is 5.10 Å². The Kier molecular flexibility index (Phi) is 4.19. The number of aromatic nitrogens is 3. The molecule has 0 saturated heterocycles. The van der Waals surface area contributed by atoms with Crippen molar-refractivity contribution in [1.29, 1.82) is 0 Å². The first-order valence-corrected chi connectivity index (χ1v) is 7.50. The molecule has 0 aliphatic rings.